The number of benzene rings is 2. The minimum absolute atomic E-state index is 0.180. The quantitative estimate of drug-likeness (QED) is 0.630. The number of allylic oxidation sites excluding steroid dienone is 3. The predicted molar refractivity (Wildman–Crippen MR) is 125 cm³/mol. The Bertz CT molecular complexity index is 1030. The van der Waals surface area contributed by atoms with Crippen molar-refractivity contribution in [2.75, 3.05) is 12.4 Å². The van der Waals surface area contributed by atoms with Crippen molar-refractivity contribution in [3.63, 3.8) is 0 Å². The lowest BCUT2D eigenvalue weighted by Crippen LogP contribution is -2.29. The summed E-state index contributed by atoms with van der Waals surface area (Å²) >= 11 is 0. The van der Waals surface area contributed by atoms with E-state index in [1.54, 1.807) is 7.11 Å². The molecule has 0 aromatic heterocycles. The number of carbonyl (C=O) groups is 1. The fourth-order valence-corrected chi connectivity index (χ4v) is 5.04. The Labute approximate surface area is 184 Å². The molecule has 4 rings (SSSR count). The van der Waals surface area contributed by atoms with Crippen LogP contribution in [0, 0.1) is 13.8 Å². The fourth-order valence-electron chi connectivity index (χ4n) is 5.04. The monoisotopic (exact) mass is 417 g/mol. The molecule has 0 amide bonds. The lowest BCUT2D eigenvalue weighted by atomic mass is 9.80. The number of fused-ring (bicyclic) bond motifs is 1. The maximum absolute atomic E-state index is 10.9. The summed E-state index contributed by atoms with van der Waals surface area (Å²) in [7, 11) is 1.72. The number of hydrogen-bond donors (Lipinski definition) is 2. The minimum atomic E-state index is -0.745. The van der Waals surface area contributed by atoms with Gasteiger partial charge in [0.05, 0.1) is 7.11 Å². The molecule has 0 saturated heterocycles. The number of hydrogen-bond acceptors (Lipinski definition) is 3. The van der Waals surface area contributed by atoms with Crippen LogP contribution in [-0.2, 0) is 17.6 Å². The Kier molecular flexibility index (Phi) is 6.17. The van der Waals surface area contributed by atoms with Crippen LogP contribution in [0.3, 0.4) is 0 Å². The van der Waals surface area contributed by atoms with Crippen molar-refractivity contribution in [2.45, 2.75) is 57.9 Å². The summed E-state index contributed by atoms with van der Waals surface area (Å²) in [5.74, 6) is 0.556. The number of rotatable bonds is 6. The molecule has 2 atom stereocenters. The summed E-state index contributed by atoms with van der Waals surface area (Å²) in [6.45, 7) is 4.35. The molecule has 162 valence electrons. The van der Waals surface area contributed by atoms with E-state index >= 15 is 0 Å². The van der Waals surface area contributed by atoms with Crippen molar-refractivity contribution in [2.24, 2.45) is 0 Å². The van der Waals surface area contributed by atoms with E-state index in [2.05, 4.69) is 67.7 Å². The van der Waals surface area contributed by atoms with E-state index in [0.29, 0.717) is 18.4 Å². The molecule has 2 aromatic carbocycles. The molecule has 1 aliphatic carbocycles. The molecule has 1 aliphatic heterocycles. The van der Waals surface area contributed by atoms with Crippen LogP contribution in [0.5, 0.6) is 5.75 Å². The summed E-state index contributed by atoms with van der Waals surface area (Å²) in [5, 5.41) is 12.7. The van der Waals surface area contributed by atoms with Crippen molar-refractivity contribution in [3.8, 4) is 5.75 Å². The SMILES string of the molecule is COc1cc(C)c(C2C=CC=C(C3CCc4cc(CCC(=O)O)ccc4N3)C2)c(C)c1. The Balaban J connectivity index is 1.48. The van der Waals surface area contributed by atoms with Crippen LogP contribution in [0.1, 0.15) is 53.0 Å². The summed E-state index contributed by atoms with van der Waals surface area (Å²) in [6.07, 6.45) is 10.7. The molecular formula is C27H31NO3. The topological polar surface area (TPSA) is 58.6 Å². The van der Waals surface area contributed by atoms with Gasteiger partial charge < -0.3 is 15.2 Å². The van der Waals surface area contributed by atoms with Gasteiger partial charge in [-0.2, -0.15) is 0 Å². The van der Waals surface area contributed by atoms with Crippen LogP contribution in [0.25, 0.3) is 0 Å². The molecular weight excluding hydrogens is 386 g/mol. The Hall–Kier alpha value is -3.01. The Morgan fingerprint density at radius 1 is 1.19 bits per heavy atom. The third-order valence-electron chi connectivity index (χ3n) is 6.56. The highest BCUT2D eigenvalue weighted by Crippen LogP contribution is 2.38. The van der Waals surface area contributed by atoms with Gasteiger partial charge in [0.2, 0.25) is 0 Å². The van der Waals surface area contributed by atoms with E-state index in [-0.39, 0.29) is 6.42 Å². The van der Waals surface area contributed by atoms with Crippen molar-refractivity contribution in [1.29, 1.82) is 0 Å². The van der Waals surface area contributed by atoms with Crippen molar-refractivity contribution in [1.82, 2.24) is 0 Å². The molecule has 0 saturated carbocycles. The van der Waals surface area contributed by atoms with Crippen LogP contribution in [0.2, 0.25) is 0 Å². The molecule has 0 spiro atoms. The maximum Gasteiger partial charge on any atom is 0.303 e. The normalized spacial score (nSPS) is 19.9. The standard InChI is InChI=1S/C27H31NO3/c1-17-13-23(31-3)14-18(2)27(17)22-6-4-5-20(16-22)25-11-9-21-15-19(8-12-26(29)30)7-10-24(21)28-25/h4-7,10,13-15,22,25,28H,8-9,11-12,16H2,1-3H3,(H,29,30). The zero-order valence-electron chi connectivity index (χ0n) is 18.6. The van der Waals surface area contributed by atoms with Gasteiger partial charge in [0.15, 0.2) is 0 Å². The fraction of sp³-hybridized carbons (Fsp3) is 0.370. The number of nitrogens with one attached hydrogen (secondary N) is 1. The maximum atomic E-state index is 10.9. The number of aliphatic carboxylic acids is 1. The lowest BCUT2D eigenvalue weighted by molar-refractivity contribution is -0.136. The molecule has 2 unspecified atom stereocenters. The van der Waals surface area contributed by atoms with Gasteiger partial charge in [0, 0.05) is 24.1 Å². The summed E-state index contributed by atoms with van der Waals surface area (Å²) in [6, 6.07) is 10.9. The van der Waals surface area contributed by atoms with Gasteiger partial charge in [0.1, 0.15) is 5.75 Å². The van der Waals surface area contributed by atoms with Crippen molar-refractivity contribution < 1.29 is 14.6 Å². The van der Waals surface area contributed by atoms with Crippen LogP contribution in [0.4, 0.5) is 5.69 Å². The molecule has 4 heteroatoms. The summed E-state index contributed by atoms with van der Waals surface area (Å²) in [4.78, 5) is 10.9. The summed E-state index contributed by atoms with van der Waals surface area (Å²) in [5.41, 5.74) is 8.99. The Morgan fingerprint density at radius 2 is 1.97 bits per heavy atom. The third-order valence-corrected chi connectivity index (χ3v) is 6.56. The molecule has 0 fully saturated rings. The molecule has 1 heterocycles. The van der Waals surface area contributed by atoms with Crippen molar-refractivity contribution >= 4 is 11.7 Å². The molecule has 0 bridgehead atoms. The van der Waals surface area contributed by atoms with Gasteiger partial charge in [-0.3, -0.25) is 4.79 Å². The predicted octanol–water partition coefficient (Wildman–Crippen LogP) is 5.73. The highest BCUT2D eigenvalue weighted by molar-refractivity contribution is 5.67. The zero-order valence-corrected chi connectivity index (χ0v) is 18.6. The van der Waals surface area contributed by atoms with Gasteiger partial charge in [-0.15, -0.1) is 0 Å². The first-order valence-corrected chi connectivity index (χ1v) is 11.1. The Morgan fingerprint density at radius 3 is 2.68 bits per heavy atom. The van der Waals surface area contributed by atoms with Gasteiger partial charge >= 0.3 is 5.97 Å². The van der Waals surface area contributed by atoms with Crippen LogP contribution in [0.15, 0.2) is 54.1 Å². The van der Waals surface area contributed by atoms with E-state index in [4.69, 9.17) is 9.84 Å². The van der Waals surface area contributed by atoms with Crippen molar-refractivity contribution in [3.05, 3.63) is 82.0 Å². The highest BCUT2D eigenvalue weighted by Gasteiger charge is 2.26. The van der Waals surface area contributed by atoms with Crippen LogP contribution in [-0.4, -0.2) is 24.2 Å². The van der Waals surface area contributed by atoms with E-state index in [0.717, 1.165) is 30.6 Å². The molecule has 0 radical (unpaired) electrons. The van der Waals surface area contributed by atoms with Gasteiger partial charge in [-0.1, -0.05) is 30.4 Å². The first-order chi connectivity index (χ1) is 14.9. The second kappa shape index (κ2) is 9.01. The number of anilines is 1. The first kappa shape index (κ1) is 21.2. The summed E-state index contributed by atoms with van der Waals surface area (Å²) < 4.78 is 5.43. The number of carboxylic acids is 1. The number of ether oxygens (including phenoxy) is 1. The van der Waals surface area contributed by atoms with Gasteiger partial charge in [-0.05, 0) is 91.1 Å². The number of carboxylic acid groups (broad SMARTS) is 1. The van der Waals surface area contributed by atoms with E-state index in [9.17, 15) is 4.79 Å². The van der Waals surface area contributed by atoms with Crippen LogP contribution < -0.4 is 10.1 Å². The molecule has 2 N–H and O–H groups in total. The first-order valence-electron chi connectivity index (χ1n) is 11.1. The average Bonchev–Trinajstić information content (AvgIpc) is 2.77. The van der Waals surface area contributed by atoms with E-state index < -0.39 is 5.97 Å². The molecule has 2 aliphatic rings. The number of aryl methyl sites for hydroxylation is 4. The number of methoxy groups -OCH3 is 1. The van der Waals surface area contributed by atoms with Gasteiger partial charge in [-0.25, -0.2) is 0 Å². The zero-order chi connectivity index (χ0) is 22.0. The smallest absolute Gasteiger partial charge is 0.303 e. The minimum Gasteiger partial charge on any atom is -0.497 e. The third kappa shape index (κ3) is 4.68. The molecule has 31 heavy (non-hydrogen) atoms. The second-order valence-electron chi connectivity index (χ2n) is 8.73. The average molecular weight is 418 g/mol. The van der Waals surface area contributed by atoms with Gasteiger partial charge in [0.25, 0.3) is 0 Å². The molecule has 2 aromatic rings. The highest BCUT2D eigenvalue weighted by atomic mass is 16.5. The molecule has 4 nitrogen and oxygen atoms in total. The lowest BCUT2D eigenvalue weighted by Gasteiger charge is -2.32. The van der Waals surface area contributed by atoms with E-state index in [1.807, 2.05) is 0 Å². The largest absolute Gasteiger partial charge is 0.497 e. The second-order valence-corrected chi connectivity index (χ2v) is 8.73. The van der Waals surface area contributed by atoms with E-state index in [1.165, 1.54) is 33.5 Å². The van der Waals surface area contributed by atoms with Crippen LogP contribution >= 0.6 is 0 Å².